The van der Waals surface area contributed by atoms with E-state index in [2.05, 4.69) is 4.74 Å². The van der Waals surface area contributed by atoms with Gasteiger partial charge < -0.3 is 14.6 Å². The first-order valence-electron chi connectivity index (χ1n) is 4.31. The summed E-state index contributed by atoms with van der Waals surface area (Å²) in [6, 6.07) is 0. The highest BCUT2D eigenvalue weighted by Gasteiger charge is 2.43. The Balaban J connectivity index is 2.43. The minimum Gasteiger partial charge on any atom is -0.481 e. The molecule has 0 bridgehead atoms. The van der Waals surface area contributed by atoms with Gasteiger partial charge in [-0.2, -0.15) is 13.2 Å². The molecule has 0 aliphatic carbocycles. The van der Waals surface area contributed by atoms with Crippen molar-refractivity contribution in [2.24, 2.45) is 5.41 Å². The van der Waals surface area contributed by atoms with E-state index < -0.39 is 30.8 Å². The van der Waals surface area contributed by atoms with Crippen molar-refractivity contribution >= 4 is 5.97 Å². The Labute approximate surface area is 84.0 Å². The number of carboxylic acid groups (broad SMARTS) is 1. The monoisotopic (exact) mass is 228 g/mol. The number of carbonyl (C=O) groups is 1. The van der Waals surface area contributed by atoms with Crippen molar-refractivity contribution in [3.05, 3.63) is 0 Å². The highest BCUT2D eigenvalue weighted by Crippen LogP contribution is 2.30. The van der Waals surface area contributed by atoms with Crippen LogP contribution in [0, 0.1) is 5.41 Å². The molecule has 1 N–H and O–H groups in total. The van der Waals surface area contributed by atoms with E-state index in [4.69, 9.17) is 9.84 Å². The van der Waals surface area contributed by atoms with E-state index in [0.717, 1.165) is 0 Å². The summed E-state index contributed by atoms with van der Waals surface area (Å²) in [5, 5.41) is 8.85. The van der Waals surface area contributed by atoms with Gasteiger partial charge in [0.1, 0.15) is 12.0 Å². The van der Waals surface area contributed by atoms with Crippen LogP contribution in [-0.2, 0) is 14.3 Å². The summed E-state index contributed by atoms with van der Waals surface area (Å²) in [5.41, 5.74) is -1.31. The molecule has 1 heterocycles. The fraction of sp³-hybridized carbons (Fsp3) is 0.875. The fourth-order valence-corrected chi connectivity index (χ4v) is 1.31. The van der Waals surface area contributed by atoms with Gasteiger partial charge in [-0.3, -0.25) is 4.79 Å². The zero-order chi connectivity index (χ0) is 11.5. The van der Waals surface area contributed by atoms with Gasteiger partial charge in [-0.1, -0.05) is 0 Å². The van der Waals surface area contributed by atoms with Gasteiger partial charge in [0.25, 0.3) is 0 Å². The number of alkyl halides is 3. The predicted octanol–water partition coefficient (Wildman–Crippen LogP) is 1.06. The van der Waals surface area contributed by atoms with E-state index in [-0.39, 0.29) is 19.6 Å². The first kappa shape index (κ1) is 12.3. The molecule has 1 saturated heterocycles. The van der Waals surface area contributed by atoms with Crippen molar-refractivity contribution < 1.29 is 32.5 Å². The number of hydrogen-bond acceptors (Lipinski definition) is 3. The Kier molecular flexibility index (Phi) is 3.56. The number of ether oxygens (including phenoxy) is 2. The Morgan fingerprint density at radius 2 is 2.20 bits per heavy atom. The summed E-state index contributed by atoms with van der Waals surface area (Å²) in [6.45, 7) is -1.76. The number of rotatable bonds is 4. The van der Waals surface area contributed by atoms with Crippen LogP contribution in [0.2, 0.25) is 0 Å². The molecule has 0 amide bonds. The lowest BCUT2D eigenvalue weighted by Crippen LogP contribution is -2.37. The lowest BCUT2D eigenvalue weighted by atomic mass is 9.89. The summed E-state index contributed by atoms with van der Waals surface area (Å²) < 4.78 is 44.5. The van der Waals surface area contributed by atoms with Gasteiger partial charge in [-0.25, -0.2) is 0 Å². The van der Waals surface area contributed by atoms with Gasteiger partial charge in [0.2, 0.25) is 0 Å². The predicted molar refractivity (Wildman–Crippen MR) is 42.4 cm³/mol. The van der Waals surface area contributed by atoms with E-state index in [0.29, 0.717) is 0 Å². The molecule has 0 aromatic carbocycles. The average molecular weight is 228 g/mol. The number of aliphatic carboxylic acids is 1. The second-order valence-corrected chi connectivity index (χ2v) is 3.50. The molecule has 1 unspecified atom stereocenters. The smallest absolute Gasteiger partial charge is 0.411 e. The van der Waals surface area contributed by atoms with Crippen LogP contribution in [0.25, 0.3) is 0 Å². The molecule has 1 aliphatic rings. The third-order valence-electron chi connectivity index (χ3n) is 2.20. The molecule has 4 nitrogen and oxygen atoms in total. The second-order valence-electron chi connectivity index (χ2n) is 3.50. The van der Waals surface area contributed by atoms with Crippen LogP contribution in [0.5, 0.6) is 0 Å². The zero-order valence-electron chi connectivity index (χ0n) is 7.84. The van der Waals surface area contributed by atoms with Crippen LogP contribution in [0.15, 0.2) is 0 Å². The van der Waals surface area contributed by atoms with Gasteiger partial charge in [-0.05, 0) is 6.42 Å². The lowest BCUT2D eigenvalue weighted by molar-refractivity contribution is -0.186. The molecule has 0 aromatic heterocycles. The molecule has 7 heteroatoms. The Morgan fingerprint density at radius 1 is 1.53 bits per heavy atom. The largest absolute Gasteiger partial charge is 0.481 e. The van der Waals surface area contributed by atoms with Crippen LogP contribution in [0.1, 0.15) is 6.42 Å². The van der Waals surface area contributed by atoms with Crippen molar-refractivity contribution in [3.63, 3.8) is 0 Å². The third kappa shape index (κ3) is 3.35. The highest BCUT2D eigenvalue weighted by atomic mass is 19.4. The van der Waals surface area contributed by atoms with Crippen molar-refractivity contribution in [2.45, 2.75) is 12.6 Å². The average Bonchev–Trinajstić information content (AvgIpc) is 2.51. The Bertz CT molecular complexity index is 233. The first-order chi connectivity index (χ1) is 6.86. The van der Waals surface area contributed by atoms with E-state index in [1.54, 1.807) is 0 Å². The van der Waals surface area contributed by atoms with Gasteiger partial charge in [-0.15, -0.1) is 0 Å². The fourth-order valence-electron chi connectivity index (χ4n) is 1.31. The minimum atomic E-state index is -4.43. The molecule has 1 aliphatic heterocycles. The maximum Gasteiger partial charge on any atom is 0.411 e. The summed E-state index contributed by atoms with van der Waals surface area (Å²) in [6.07, 6.45) is -4.25. The van der Waals surface area contributed by atoms with Crippen molar-refractivity contribution in [1.29, 1.82) is 0 Å². The molecule has 1 atom stereocenters. The lowest BCUT2D eigenvalue weighted by Gasteiger charge is -2.21. The zero-order valence-corrected chi connectivity index (χ0v) is 7.84. The van der Waals surface area contributed by atoms with Gasteiger partial charge in [0.15, 0.2) is 0 Å². The van der Waals surface area contributed by atoms with E-state index in [1.165, 1.54) is 0 Å². The molecular weight excluding hydrogens is 217 g/mol. The molecule has 0 saturated carbocycles. The van der Waals surface area contributed by atoms with Crippen molar-refractivity contribution in [3.8, 4) is 0 Å². The molecular formula is C8H11F3O4. The standard InChI is InChI=1S/C8H11F3O4/c9-8(10,11)5-15-4-7(6(12)13)1-2-14-3-7/h1-5H2,(H,12,13). The molecule has 88 valence electrons. The number of carboxylic acids is 1. The normalized spacial score (nSPS) is 26.9. The SMILES string of the molecule is O=C(O)C1(COCC(F)(F)F)CCOC1. The molecule has 0 radical (unpaired) electrons. The summed E-state index contributed by atoms with van der Waals surface area (Å²) in [5.74, 6) is -1.18. The van der Waals surface area contributed by atoms with Crippen LogP contribution < -0.4 is 0 Å². The summed E-state index contributed by atoms with van der Waals surface area (Å²) in [4.78, 5) is 10.8. The summed E-state index contributed by atoms with van der Waals surface area (Å²) >= 11 is 0. The van der Waals surface area contributed by atoms with Crippen LogP contribution in [0.3, 0.4) is 0 Å². The molecule has 1 rings (SSSR count). The molecule has 15 heavy (non-hydrogen) atoms. The third-order valence-corrected chi connectivity index (χ3v) is 2.20. The Morgan fingerprint density at radius 3 is 2.60 bits per heavy atom. The van der Waals surface area contributed by atoms with Crippen LogP contribution >= 0.6 is 0 Å². The number of hydrogen-bond donors (Lipinski definition) is 1. The van der Waals surface area contributed by atoms with E-state index in [9.17, 15) is 18.0 Å². The van der Waals surface area contributed by atoms with E-state index >= 15 is 0 Å². The molecule has 1 fully saturated rings. The quantitative estimate of drug-likeness (QED) is 0.781. The summed E-state index contributed by atoms with van der Waals surface area (Å²) in [7, 11) is 0. The first-order valence-corrected chi connectivity index (χ1v) is 4.31. The second kappa shape index (κ2) is 4.36. The van der Waals surface area contributed by atoms with Crippen LogP contribution in [0.4, 0.5) is 13.2 Å². The topological polar surface area (TPSA) is 55.8 Å². The van der Waals surface area contributed by atoms with Crippen molar-refractivity contribution in [2.75, 3.05) is 26.4 Å². The maximum atomic E-state index is 11.8. The van der Waals surface area contributed by atoms with Gasteiger partial charge in [0.05, 0.1) is 13.2 Å². The molecule has 0 spiro atoms. The number of halogens is 3. The minimum absolute atomic E-state index is 0.0970. The van der Waals surface area contributed by atoms with Gasteiger partial charge >= 0.3 is 12.1 Å². The van der Waals surface area contributed by atoms with Crippen molar-refractivity contribution in [1.82, 2.24) is 0 Å². The van der Waals surface area contributed by atoms with Crippen LogP contribution in [-0.4, -0.2) is 43.7 Å². The van der Waals surface area contributed by atoms with Gasteiger partial charge in [0, 0.05) is 6.61 Å². The maximum absolute atomic E-state index is 11.8. The van der Waals surface area contributed by atoms with E-state index in [1.807, 2.05) is 0 Å². The highest BCUT2D eigenvalue weighted by molar-refractivity contribution is 5.75. The Hall–Kier alpha value is -0.820. The molecule has 0 aromatic rings.